The summed E-state index contributed by atoms with van der Waals surface area (Å²) in [6, 6.07) is 8.63. The van der Waals surface area contributed by atoms with Gasteiger partial charge in [-0.2, -0.15) is 5.26 Å². The Morgan fingerprint density at radius 3 is 2.45 bits per heavy atom. The van der Waals surface area contributed by atoms with E-state index in [0.29, 0.717) is 37.7 Å². The van der Waals surface area contributed by atoms with Gasteiger partial charge in [-0.1, -0.05) is 0 Å². The maximum Gasteiger partial charge on any atom is 0.250 e. The highest BCUT2D eigenvalue weighted by Crippen LogP contribution is 2.08. The molecule has 1 amide bonds. The standard InChI is InChI=1S/C14H18N2O4/c1-18-6-7-19-8-9-20-11-14(17)16-13-4-2-12(10-15)3-5-13/h2-5H,6-9,11H2,1H3,(H,16,17). The van der Waals surface area contributed by atoms with E-state index in [2.05, 4.69) is 5.32 Å². The lowest BCUT2D eigenvalue weighted by molar-refractivity contribution is -0.121. The molecule has 0 aliphatic carbocycles. The Bertz CT molecular complexity index is 439. The molecule has 0 unspecified atom stereocenters. The number of carbonyl (C=O) groups excluding carboxylic acids is 1. The zero-order valence-electron chi connectivity index (χ0n) is 11.4. The van der Waals surface area contributed by atoms with Gasteiger partial charge in [0.15, 0.2) is 0 Å². The molecule has 0 atom stereocenters. The van der Waals surface area contributed by atoms with Crippen molar-refractivity contribution in [3.05, 3.63) is 29.8 Å². The molecule has 0 bridgehead atoms. The second-order valence-corrected chi connectivity index (χ2v) is 3.90. The SMILES string of the molecule is COCCOCCOCC(=O)Nc1ccc(C#N)cc1. The van der Waals surface area contributed by atoms with Crippen molar-refractivity contribution in [1.82, 2.24) is 0 Å². The first kappa shape index (κ1) is 16.1. The molecule has 1 aromatic rings. The van der Waals surface area contributed by atoms with E-state index in [0.717, 1.165) is 0 Å². The van der Waals surface area contributed by atoms with Gasteiger partial charge in [-0.15, -0.1) is 0 Å². The molecule has 0 saturated heterocycles. The van der Waals surface area contributed by atoms with E-state index in [-0.39, 0.29) is 12.5 Å². The van der Waals surface area contributed by atoms with Crippen molar-refractivity contribution in [1.29, 1.82) is 5.26 Å². The van der Waals surface area contributed by atoms with Crippen LogP contribution in [0.1, 0.15) is 5.56 Å². The minimum Gasteiger partial charge on any atom is -0.382 e. The maximum absolute atomic E-state index is 11.5. The van der Waals surface area contributed by atoms with Gasteiger partial charge in [0.05, 0.1) is 38.1 Å². The van der Waals surface area contributed by atoms with Crippen molar-refractivity contribution in [3.8, 4) is 6.07 Å². The molecule has 0 aromatic heterocycles. The third-order valence-electron chi connectivity index (χ3n) is 2.33. The lowest BCUT2D eigenvalue weighted by atomic mass is 10.2. The summed E-state index contributed by atoms with van der Waals surface area (Å²) in [5.74, 6) is -0.244. The molecule has 0 fully saturated rings. The van der Waals surface area contributed by atoms with Crippen molar-refractivity contribution < 1.29 is 19.0 Å². The minimum atomic E-state index is -0.244. The van der Waals surface area contributed by atoms with Gasteiger partial charge in [-0.3, -0.25) is 4.79 Å². The third-order valence-corrected chi connectivity index (χ3v) is 2.33. The van der Waals surface area contributed by atoms with Crippen LogP contribution in [0.2, 0.25) is 0 Å². The molecule has 0 radical (unpaired) electrons. The normalized spacial score (nSPS) is 10.0. The molecule has 20 heavy (non-hydrogen) atoms. The van der Waals surface area contributed by atoms with Crippen LogP contribution >= 0.6 is 0 Å². The summed E-state index contributed by atoms with van der Waals surface area (Å²) in [4.78, 5) is 11.5. The van der Waals surface area contributed by atoms with Gasteiger partial charge in [-0.05, 0) is 24.3 Å². The van der Waals surface area contributed by atoms with Crippen molar-refractivity contribution in [3.63, 3.8) is 0 Å². The molecule has 0 aliphatic heterocycles. The number of methoxy groups -OCH3 is 1. The number of carbonyl (C=O) groups is 1. The summed E-state index contributed by atoms with van der Waals surface area (Å²) in [6.07, 6.45) is 0. The number of nitrogens with one attached hydrogen (secondary N) is 1. The maximum atomic E-state index is 11.5. The van der Waals surface area contributed by atoms with E-state index < -0.39 is 0 Å². The Morgan fingerprint density at radius 1 is 1.15 bits per heavy atom. The highest BCUT2D eigenvalue weighted by Gasteiger charge is 2.02. The summed E-state index contributed by atoms with van der Waals surface area (Å²) in [5.41, 5.74) is 1.18. The van der Waals surface area contributed by atoms with E-state index in [4.69, 9.17) is 19.5 Å². The highest BCUT2D eigenvalue weighted by atomic mass is 16.5. The number of hydrogen-bond acceptors (Lipinski definition) is 5. The molecular weight excluding hydrogens is 260 g/mol. The minimum absolute atomic E-state index is 0.0341. The van der Waals surface area contributed by atoms with E-state index in [1.54, 1.807) is 31.4 Å². The zero-order valence-corrected chi connectivity index (χ0v) is 11.4. The number of hydrogen-bond donors (Lipinski definition) is 1. The largest absolute Gasteiger partial charge is 0.382 e. The van der Waals surface area contributed by atoms with Crippen molar-refractivity contribution in [2.24, 2.45) is 0 Å². The molecule has 0 saturated carbocycles. The topological polar surface area (TPSA) is 80.6 Å². The summed E-state index contributed by atoms with van der Waals surface area (Å²) in [7, 11) is 1.60. The Hall–Kier alpha value is -1.94. The molecule has 1 N–H and O–H groups in total. The Balaban J connectivity index is 2.12. The summed E-state index contributed by atoms with van der Waals surface area (Å²) in [6.45, 7) is 1.79. The van der Waals surface area contributed by atoms with Crippen LogP contribution in [0.25, 0.3) is 0 Å². The van der Waals surface area contributed by atoms with Crippen LogP contribution in [0.5, 0.6) is 0 Å². The van der Waals surface area contributed by atoms with Crippen LogP contribution in [0.4, 0.5) is 5.69 Å². The fraction of sp³-hybridized carbons (Fsp3) is 0.429. The Morgan fingerprint density at radius 2 is 1.80 bits per heavy atom. The number of nitriles is 1. The Labute approximate surface area is 118 Å². The first-order valence-corrected chi connectivity index (χ1v) is 6.20. The smallest absolute Gasteiger partial charge is 0.250 e. The lowest BCUT2D eigenvalue weighted by Gasteiger charge is -2.07. The third kappa shape index (κ3) is 6.85. The average Bonchev–Trinajstić information content (AvgIpc) is 2.47. The van der Waals surface area contributed by atoms with Crippen LogP contribution in [-0.2, 0) is 19.0 Å². The van der Waals surface area contributed by atoms with Gasteiger partial charge in [0, 0.05) is 12.8 Å². The van der Waals surface area contributed by atoms with Crippen molar-refractivity contribution in [2.75, 3.05) is 45.5 Å². The van der Waals surface area contributed by atoms with E-state index in [9.17, 15) is 4.79 Å². The first-order chi connectivity index (χ1) is 9.76. The molecule has 6 heteroatoms. The molecule has 1 aromatic carbocycles. The molecule has 0 aliphatic rings. The van der Waals surface area contributed by atoms with Crippen molar-refractivity contribution in [2.45, 2.75) is 0 Å². The van der Waals surface area contributed by atoms with Gasteiger partial charge in [0.1, 0.15) is 6.61 Å². The van der Waals surface area contributed by atoms with Crippen LogP contribution in [0.15, 0.2) is 24.3 Å². The number of amides is 1. The predicted molar refractivity (Wildman–Crippen MR) is 73.3 cm³/mol. The van der Waals surface area contributed by atoms with Crippen LogP contribution in [-0.4, -0.2) is 46.1 Å². The van der Waals surface area contributed by atoms with Crippen molar-refractivity contribution >= 4 is 11.6 Å². The predicted octanol–water partition coefficient (Wildman–Crippen LogP) is 1.18. The second kappa shape index (κ2) is 9.92. The first-order valence-electron chi connectivity index (χ1n) is 6.20. The van der Waals surface area contributed by atoms with E-state index >= 15 is 0 Å². The molecule has 108 valence electrons. The zero-order chi connectivity index (χ0) is 14.6. The monoisotopic (exact) mass is 278 g/mol. The molecule has 1 rings (SSSR count). The number of anilines is 1. The molecule has 0 heterocycles. The fourth-order valence-corrected chi connectivity index (χ4v) is 1.35. The van der Waals surface area contributed by atoms with Gasteiger partial charge < -0.3 is 19.5 Å². The molecular formula is C14H18N2O4. The van der Waals surface area contributed by atoms with Crippen LogP contribution < -0.4 is 5.32 Å². The van der Waals surface area contributed by atoms with Gasteiger partial charge in [0.25, 0.3) is 0 Å². The lowest BCUT2D eigenvalue weighted by Crippen LogP contribution is -2.20. The molecule has 6 nitrogen and oxygen atoms in total. The Kier molecular flexibility index (Phi) is 7.99. The summed E-state index contributed by atoms with van der Waals surface area (Å²) < 4.78 is 15.2. The number of rotatable bonds is 9. The van der Waals surface area contributed by atoms with E-state index in [1.807, 2.05) is 6.07 Å². The fourth-order valence-electron chi connectivity index (χ4n) is 1.35. The van der Waals surface area contributed by atoms with Crippen LogP contribution in [0.3, 0.4) is 0 Å². The molecule has 0 spiro atoms. The number of nitrogens with zero attached hydrogens (tertiary/aromatic N) is 1. The quantitative estimate of drug-likeness (QED) is 0.686. The summed E-state index contributed by atoms with van der Waals surface area (Å²) in [5, 5.41) is 11.3. The number of ether oxygens (including phenoxy) is 3. The average molecular weight is 278 g/mol. The van der Waals surface area contributed by atoms with Gasteiger partial charge >= 0.3 is 0 Å². The second-order valence-electron chi connectivity index (χ2n) is 3.90. The van der Waals surface area contributed by atoms with E-state index in [1.165, 1.54) is 0 Å². The van der Waals surface area contributed by atoms with Gasteiger partial charge in [0.2, 0.25) is 5.91 Å². The van der Waals surface area contributed by atoms with Crippen LogP contribution in [0, 0.1) is 11.3 Å². The highest BCUT2D eigenvalue weighted by molar-refractivity contribution is 5.91. The van der Waals surface area contributed by atoms with Gasteiger partial charge in [-0.25, -0.2) is 0 Å². The summed E-state index contributed by atoms with van der Waals surface area (Å²) >= 11 is 0. The number of benzene rings is 1.